The first-order chi connectivity index (χ1) is 12.1. The predicted molar refractivity (Wildman–Crippen MR) is 98.3 cm³/mol. The Morgan fingerprint density at radius 2 is 1.85 bits per heavy atom. The number of ether oxygens (including phenoxy) is 1. The molecule has 4 aliphatic rings. The number of fused-ring (bicyclic) bond motifs is 3. The number of rotatable bonds is 1. The normalized spacial score (nSPS) is 41.7. The van der Waals surface area contributed by atoms with Gasteiger partial charge >= 0.3 is 0 Å². The third-order valence-electron chi connectivity index (χ3n) is 8.03. The summed E-state index contributed by atoms with van der Waals surface area (Å²) in [7, 11) is 0. The quantitative estimate of drug-likeness (QED) is 0.726. The van der Waals surface area contributed by atoms with Crippen LogP contribution in [0, 0.1) is 22.7 Å². The number of carbonyl (C=O) groups is 2. The third-order valence-corrected chi connectivity index (χ3v) is 8.03. The molecule has 26 heavy (non-hydrogen) atoms. The number of hydrogen-bond acceptors (Lipinski definition) is 4. The lowest BCUT2D eigenvalue weighted by Crippen LogP contribution is -2.60. The maximum absolute atomic E-state index is 12.7. The molecule has 0 amide bonds. The molecule has 0 aromatic rings. The molecule has 2 fully saturated rings. The summed E-state index contributed by atoms with van der Waals surface area (Å²) in [4.78, 5) is 25.3. The van der Waals surface area contributed by atoms with Gasteiger partial charge < -0.3 is 9.84 Å². The van der Waals surface area contributed by atoms with Crippen molar-refractivity contribution in [1.29, 1.82) is 0 Å². The van der Waals surface area contributed by atoms with Crippen LogP contribution in [0.1, 0.15) is 66.2 Å². The topological polar surface area (TPSA) is 63.6 Å². The van der Waals surface area contributed by atoms with Crippen molar-refractivity contribution in [3.63, 3.8) is 0 Å². The molecule has 4 nitrogen and oxygen atoms in total. The monoisotopic (exact) mass is 358 g/mol. The Morgan fingerprint density at radius 3 is 2.54 bits per heavy atom. The minimum absolute atomic E-state index is 0.123. The molecule has 4 heteroatoms. The van der Waals surface area contributed by atoms with E-state index >= 15 is 0 Å². The smallest absolute Gasteiger partial charge is 0.226 e. The first-order valence-electron chi connectivity index (χ1n) is 9.95. The van der Waals surface area contributed by atoms with Crippen molar-refractivity contribution < 1.29 is 19.4 Å². The van der Waals surface area contributed by atoms with Crippen LogP contribution in [0.3, 0.4) is 0 Å². The summed E-state index contributed by atoms with van der Waals surface area (Å²) < 4.78 is 6.34. The zero-order valence-corrected chi connectivity index (χ0v) is 16.4. The number of allylic oxidation sites excluding steroid dienone is 3. The number of aliphatic hydroxyl groups excluding tert-OH is 1. The fraction of sp³-hybridized carbons (Fsp3) is 0.727. The molecule has 1 heterocycles. The highest BCUT2D eigenvalue weighted by Gasteiger charge is 2.61. The first kappa shape index (κ1) is 18.0. The summed E-state index contributed by atoms with van der Waals surface area (Å²) in [6.45, 7) is 8.87. The van der Waals surface area contributed by atoms with E-state index in [1.54, 1.807) is 0 Å². The van der Waals surface area contributed by atoms with E-state index in [0.29, 0.717) is 23.3 Å². The summed E-state index contributed by atoms with van der Waals surface area (Å²) in [5.41, 5.74) is 0.692. The zero-order chi connectivity index (χ0) is 18.9. The van der Waals surface area contributed by atoms with Gasteiger partial charge in [0.25, 0.3) is 0 Å². The molecule has 1 aliphatic heterocycles. The van der Waals surface area contributed by atoms with Gasteiger partial charge in [0, 0.05) is 17.1 Å². The van der Waals surface area contributed by atoms with E-state index in [4.69, 9.17) is 4.74 Å². The van der Waals surface area contributed by atoms with E-state index in [-0.39, 0.29) is 34.2 Å². The van der Waals surface area contributed by atoms with Crippen LogP contribution in [0.25, 0.3) is 0 Å². The molecule has 4 atom stereocenters. The Balaban J connectivity index is 1.76. The summed E-state index contributed by atoms with van der Waals surface area (Å²) in [5.74, 6) is 0.598. The van der Waals surface area contributed by atoms with Crippen LogP contribution < -0.4 is 0 Å². The zero-order valence-electron chi connectivity index (χ0n) is 16.4. The third kappa shape index (κ3) is 2.30. The fourth-order valence-electron chi connectivity index (χ4n) is 6.74. The summed E-state index contributed by atoms with van der Waals surface area (Å²) >= 11 is 0. The molecule has 0 saturated heterocycles. The second-order valence-electron chi connectivity index (χ2n) is 9.94. The van der Waals surface area contributed by atoms with Crippen LogP contribution in [0.5, 0.6) is 0 Å². The van der Waals surface area contributed by atoms with Crippen molar-refractivity contribution in [3.05, 3.63) is 23.0 Å². The van der Waals surface area contributed by atoms with Crippen LogP contribution in [0.2, 0.25) is 0 Å². The van der Waals surface area contributed by atoms with Gasteiger partial charge in [0.05, 0.1) is 6.61 Å². The molecule has 2 unspecified atom stereocenters. The molecule has 4 rings (SSSR count). The number of aliphatic hydroxyl groups is 1. The average Bonchev–Trinajstić information content (AvgIpc) is 2.56. The minimum atomic E-state index is -0.418. The van der Waals surface area contributed by atoms with Crippen molar-refractivity contribution in [3.8, 4) is 0 Å². The SMILES string of the molecule is CC1(C)CCC[C@]2(C)C1CC[C@@]1(C)OC3=C(CC21)C(=O)C=C(CO)C3=O. The van der Waals surface area contributed by atoms with Gasteiger partial charge in [-0.3, -0.25) is 9.59 Å². The van der Waals surface area contributed by atoms with Gasteiger partial charge in [-0.25, -0.2) is 0 Å². The lowest BCUT2D eigenvalue weighted by atomic mass is 9.44. The highest BCUT2D eigenvalue weighted by atomic mass is 16.5. The first-order valence-corrected chi connectivity index (χ1v) is 9.95. The number of hydrogen-bond donors (Lipinski definition) is 1. The van der Waals surface area contributed by atoms with Crippen molar-refractivity contribution in [2.24, 2.45) is 22.7 Å². The van der Waals surface area contributed by atoms with Crippen molar-refractivity contribution in [2.75, 3.05) is 6.61 Å². The molecule has 1 N–H and O–H groups in total. The molecule has 142 valence electrons. The lowest BCUT2D eigenvalue weighted by molar-refractivity contribution is -0.186. The molecule has 2 saturated carbocycles. The second kappa shape index (κ2) is 5.54. The van der Waals surface area contributed by atoms with Gasteiger partial charge in [0.2, 0.25) is 5.78 Å². The van der Waals surface area contributed by atoms with Crippen molar-refractivity contribution in [1.82, 2.24) is 0 Å². The number of Topliss-reactive ketones (excluding diaryl/α,β-unsaturated/α-hetero) is 1. The number of ketones is 2. The van der Waals surface area contributed by atoms with Crippen LogP contribution in [-0.2, 0) is 14.3 Å². The molecule has 0 radical (unpaired) electrons. The van der Waals surface area contributed by atoms with E-state index in [0.717, 1.165) is 19.3 Å². The van der Waals surface area contributed by atoms with E-state index < -0.39 is 12.2 Å². The van der Waals surface area contributed by atoms with E-state index in [2.05, 4.69) is 27.7 Å². The maximum Gasteiger partial charge on any atom is 0.226 e. The van der Waals surface area contributed by atoms with Gasteiger partial charge in [-0.15, -0.1) is 0 Å². The molecule has 0 aromatic carbocycles. The largest absolute Gasteiger partial charge is 0.483 e. The summed E-state index contributed by atoms with van der Waals surface area (Å²) in [6.07, 6.45) is 7.57. The Morgan fingerprint density at radius 1 is 1.12 bits per heavy atom. The Labute approximate surface area is 155 Å². The minimum Gasteiger partial charge on any atom is -0.483 e. The standard InChI is InChI=1S/C22H30O4/c1-20(2)7-5-8-21(3)16(20)6-9-22(4)17(21)11-14-15(24)10-13(12-23)18(25)19(14)26-22/h10,16-17,23H,5-9,11-12H2,1-4H3/t16?,17?,21-,22-/m1/s1. The Kier molecular flexibility index (Phi) is 3.83. The average molecular weight is 358 g/mol. The fourth-order valence-corrected chi connectivity index (χ4v) is 6.74. The van der Waals surface area contributed by atoms with E-state index in [1.165, 1.54) is 18.9 Å². The van der Waals surface area contributed by atoms with Crippen LogP contribution in [0.15, 0.2) is 23.0 Å². The molecular formula is C22H30O4. The van der Waals surface area contributed by atoms with Gasteiger partial charge in [0.1, 0.15) is 5.60 Å². The predicted octanol–water partition coefficient (Wildman–Crippen LogP) is 3.73. The van der Waals surface area contributed by atoms with Gasteiger partial charge in [-0.1, -0.05) is 27.2 Å². The lowest BCUT2D eigenvalue weighted by Gasteiger charge is -2.63. The van der Waals surface area contributed by atoms with Crippen molar-refractivity contribution >= 4 is 11.6 Å². The van der Waals surface area contributed by atoms with Crippen LogP contribution in [0.4, 0.5) is 0 Å². The molecule has 0 aromatic heterocycles. The molecule has 0 bridgehead atoms. The van der Waals surface area contributed by atoms with Gasteiger partial charge in [0.15, 0.2) is 11.5 Å². The van der Waals surface area contributed by atoms with E-state index in [1.807, 2.05) is 0 Å². The highest BCUT2D eigenvalue weighted by Crippen LogP contribution is 2.65. The summed E-state index contributed by atoms with van der Waals surface area (Å²) in [5, 5.41) is 9.40. The Hall–Kier alpha value is -1.42. The molecule has 3 aliphatic carbocycles. The van der Waals surface area contributed by atoms with Crippen molar-refractivity contribution in [2.45, 2.75) is 71.8 Å². The molecular weight excluding hydrogens is 328 g/mol. The molecule has 0 spiro atoms. The highest BCUT2D eigenvalue weighted by molar-refractivity contribution is 6.22. The van der Waals surface area contributed by atoms with Crippen LogP contribution >= 0.6 is 0 Å². The number of carbonyl (C=O) groups excluding carboxylic acids is 2. The Bertz CT molecular complexity index is 743. The second-order valence-corrected chi connectivity index (χ2v) is 9.94. The van der Waals surface area contributed by atoms with Gasteiger partial charge in [-0.2, -0.15) is 0 Å². The van der Waals surface area contributed by atoms with E-state index in [9.17, 15) is 14.7 Å². The van der Waals surface area contributed by atoms with Crippen LogP contribution in [-0.4, -0.2) is 28.9 Å². The summed E-state index contributed by atoms with van der Waals surface area (Å²) in [6, 6.07) is 0. The maximum atomic E-state index is 12.7. The van der Waals surface area contributed by atoms with Gasteiger partial charge in [-0.05, 0) is 61.9 Å².